The Morgan fingerprint density at radius 3 is 2.20 bits per heavy atom. The smallest absolute Gasteiger partial charge is 0.248 e. The van der Waals surface area contributed by atoms with Gasteiger partial charge in [0.25, 0.3) is 0 Å². The lowest BCUT2D eigenvalue weighted by Crippen LogP contribution is -2.08. The first-order valence-electron chi connectivity index (χ1n) is 5.75. The van der Waals surface area contributed by atoms with E-state index in [9.17, 15) is 4.79 Å². The van der Waals surface area contributed by atoms with E-state index in [4.69, 9.17) is 34.8 Å². The van der Waals surface area contributed by atoms with Crippen LogP contribution in [0.5, 0.6) is 0 Å². The number of carbonyl (C=O) groups excluding carboxylic acids is 1. The third kappa shape index (κ3) is 4.01. The van der Waals surface area contributed by atoms with Crippen molar-refractivity contribution < 1.29 is 4.79 Å². The molecule has 0 spiro atoms. The van der Waals surface area contributed by atoms with Gasteiger partial charge in [0.15, 0.2) is 0 Å². The first kappa shape index (κ1) is 14.9. The summed E-state index contributed by atoms with van der Waals surface area (Å²) in [6.07, 6.45) is 3.11. The molecule has 0 fully saturated rings. The summed E-state index contributed by atoms with van der Waals surface area (Å²) in [6.45, 7) is 0. The van der Waals surface area contributed by atoms with Crippen LogP contribution < -0.4 is 5.32 Å². The van der Waals surface area contributed by atoms with Gasteiger partial charge in [-0.3, -0.25) is 4.79 Å². The number of hydrogen-bond acceptors (Lipinski definition) is 1. The van der Waals surface area contributed by atoms with Crippen LogP contribution in [0.1, 0.15) is 5.56 Å². The summed E-state index contributed by atoms with van der Waals surface area (Å²) >= 11 is 17.8. The summed E-state index contributed by atoms with van der Waals surface area (Å²) in [4.78, 5) is 11.8. The Morgan fingerprint density at radius 2 is 1.60 bits per heavy atom. The van der Waals surface area contributed by atoms with Crippen molar-refractivity contribution in [3.63, 3.8) is 0 Å². The van der Waals surface area contributed by atoms with Crippen molar-refractivity contribution in [2.75, 3.05) is 5.32 Å². The zero-order valence-electron chi connectivity index (χ0n) is 10.2. The Morgan fingerprint density at radius 1 is 1.00 bits per heavy atom. The summed E-state index contributed by atoms with van der Waals surface area (Å²) in [7, 11) is 0. The second-order valence-corrected chi connectivity index (χ2v) is 5.23. The Hall–Kier alpha value is -1.48. The second kappa shape index (κ2) is 6.80. The van der Waals surface area contributed by atoms with Gasteiger partial charge >= 0.3 is 0 Å². The summed E-state index contributed by atoms with van der Waals surface area (Å²) in [5.41, 5.74) is 1.27. The molecule has 0 saturated carbocycles. The van der Waals surface area contributed by atoms with Crippen LogP contribution in [0.2, 0.25) is 15.1 Å². The first-order chi connectivity index (χ1) is 9.56. The van der Waals surface area contributed by atoms with E-state index in [0.717, 1.165) is 5.56 Å². The molecule has 2 nitrogen and oxygen atoms in total. The first-order valence-corrected chi connectivity index (χ1v) is 6.88. The molecule has 0 saturated heterocycles. The van der Waals surface area contributed by atoms with Crippen molar-refractivity contribution in [3.8, 4) is 0 Å². The van der Waals surface area contributed by atoms with E-state index < -0.39 is 0 Å². The molecule has 0 aliphatic heterocycles. The molecule has 2 aromatic rings. The second-order valence-electron chi connectivity index (χ2n) is 3.98. The number of amides is 1. The van der Waals surface area contributed by atoms with Crippen molar-refractivity contribution in [2.24, 2.45) is 0 Å². The lowest BCUT2D eigenvalue weighted by molar-refractivity contribution is -0.111. The van der Waals surface area contributed by atoms with Crippen LogP contribution in [0.4, 0.5) is 5.69 Å². The Kier molecular flexibility index (Phi) is 5.07. The van der Waals surface area contributed by atoms with Crippen LogP contribution >= 0.6 is 34.8 Å². The van der Waals surface area contributed by atoms with E-state index >= 15 is 0 Å². The SMILES string of the molecule is O=C(/C=C\c1ccccc1)Nc1c(Cl)cc(Cl)cc1Cl. The molecule has 0 aromatic heterocycles. The van der Waals surface area contributed by atoms with Crippen LogP contribution in [0, 0.1) is 0 Å². The third-order valence-corrected chi connectivity index (χ3v) is 3.30. The molecule has 1 amide bonds. The molecule has 0 heterocycles. The maximum absolute atomic E-state index is 11.8. The molecule has 0 aliphatic carbocycles. The average molecular weight is 327 g/mol. The molecule has 0 aliphatic rings. The summed E-state index contributed by atoms with van der Waals surface area (Å²) in [5, 5.41) is 3.63. The number of anilines is 1. The topological polar surface area (TPSA) is 29.1 Å². The van der Waals surface area contributed by atoms with E-state index in [1.807, 2.05) is 30.3 Å². The quantitative estimate of drug-likeness (QED) is 0.762. The largest absolute Gasteiger partial charge is 0.320 e. The van der Waals surface area contributed by atoms with Crippen LogP contribution in [0.15, 0.2) is 48.5 Å². The van der Waals surface area contributed by atoms with Gasteiger partial charge < -0.3 is 5.32 Å². The molecule has 0 bridgehead atoms. The van der Waals surface area contributed by atoms with Crippen molar-refractivity contribution in [2.45, 2.75) is 0 Å². The summed E-state index contributed by atoms with van der Waals surface area (Å²) < 4.78 is 0. The van der Waals surface area contributed by atoms with Crippen molar-refractivity contribution >= 4 is 52.5 Å². The molecule has 0 atom stereocenters. The van der Waals surface area contributed by atoms with E-state index in [1.165, 1.54) is 18.2 Å². The van der Waals surface area contributed by atoms with Gasteiger partial charge in [-0.25, -0.2) is 0 Å². The van der Waals surface area contributed by atoms with E-state index in [-0.39, 0.29) is 5.91 Å². The minimum atomic E-state index is -0.319. The third-order valence-electron chi connectivity index (χ3n) is 2.48. The molecule has 2 aromatic carbocycles. The predicted molar refractivity (Wildman–Crippen MR) is 85.6 cm³/mol. The molecular weight excluding hydrogens is 317 g/mol. The highest BCUT2D eigenvalue weighted by atomic mass is 35.5. The molecule has 5 heteroatoms. The molecule has 1 N–H and O–H groups in total. The lowest BCUT2D eigenvalue weighted by atomic mass is 10.2. The maximum atomic E-state index is 11.8. The zero-order valence-corrected chi connectivity index (χ0v) is 12.5. The zero-order chi connectivity index (χ0) is 14.5. The number of carbonyl (C=O) groups is 1. The fourth-order valence-electron chi connectivity index (χ4n) is 1.56. The predicted octanol–water partition coefficient (Wildman–Crippen LogP) is 5.30. The molecule has 102 valence electrons. The van der Waals surface area contributed by atoms with Crippen LogP contribution in [0.25, 0.3) is 6.08 Å². The highest BCUT2D eigenvalue weighted by molar-refractivity contribution is 6.42. The Labute approximate surface area is 132 Å². The van der Waals surface area contributed by atoms with Crippen LogP contribution in [0.3, 0.4) is 0 Å². The van der Waals surface area contributed by atoms with Gasteiger partial charge in [-0.05, 0) is 23.8 Å². The Balaban J connectivity index is 2.11. The molecule has 0 radical (unpaired) electrons. The van der Waals surface area contributed by atoms with Crippen LogP contribution in [-0.4, -0.2) is 5.91 Å². The van der Waals surface area contributed by atoms with Gasteiger partial charge in [-0.15, -0.1) is 0 Å². The van der Waals surface area contributed by atoms with E-state index in [1.54, 1.807) is 6.08 Å². The number of hydrogen-bond donors (Lipinski definition) is 1. The van der Waals surface area contributed by atoms with E-state index in [0.29, 0.717) is 20.8 Å². The van der Waals surface area contributed by atoms with Gasteiger partial charge in [-0.1, -0.05) is 65.1 Å². The molecule has 0 unspecified atom stereocenters. The van der Waals surface area contributed by atoms with Gasteiger partial charge in [0.05, 0.1) is 15.7 Å². The average Bonchev–Trinajstić information content (AvgIpc) is 2.42. The standard InChI is InChI=1S/C15H10Cl3NO/c16-11-8-12(17)15(13(18)9-11)19-14(20)7-6-10-4-2-1-3-5-10/h1-9H,(H,19,20)/b7-6-. The van der Waals surface area contributed by atoms with Gasteiger partial charge in [0, 0.05) is 11.1 Å². The summed E-state index contributed by atoms with van der Waals surface area (Å²) in [6, 6.07) is 12.5. The minimum Gasteiger partial charge on any atom is -0.320 e. The minimum absolute atomic E-state index is 0.295. The fourth-order valence-corrected chi connectivity index (χ4v) is 2.47. The van der Waals surface area contributed by atoms with Crippen molar-refractivity contribution in [1.82, 2.24) is 0 Å². The van der Waals surface area contributed by atoms with Crippen molar-refractivity contribution in [1.29, 1.82) is 0 Å². The van der Waals surface area contributed by atoms with Crippen LogP contribution in [-0.2, 0) is 4.79 Å². The Bertz CT molecular complexity index is 630. The van der Waals surface area contributed by atoms with E-state index in [2.05, 4.69) is 5.32 Å². The number of rotatable bonds is 3. The van der Waals surface area contributed by atoms with Crippen molar-refractivity contribution in [3.05, 3.63) is 69.2 Å². The van der Waals surface area contributed by atoms with Gasteiger partial charge in [0.2, 0.25) is 5.91 Å². The summed E-state index contributed by atoms with van der Waals surface area (Å²) in [5.74, 6) is -0.319. The highest BCUT2D eigenvalue weighted by Gasteiger charge is 2.09. The fraction of sp³-hybridized carbons (Fsp3) is 0. The molecule has 20 heavy (non-hydrogen) atoms. The monoisotopic (exact) mass is 325 g/mol. The highest BCUT2D eigenvalue weighted by Crippen LogP contribution is 2.33. The lowest BCUT2D eigenvalue weighted by Gasteiger charge is -2.07. The number of nitrogens with one attached hydrogen (secondary N) is 1. The number of benzene rings is 2. The molecule has 2 rings (SSSR count). The maximum Gasteiger partial charge on any atom is 0.248 e. The van der Waals surface area contributed by atoms with Gasteiger partial charge in [-0.2, -0.15) is 0 Å². The normalized spacial score (nSPS) is 10.8. The molecular formula is C15H10Cl3NO. The number of halogens is 3. The van der Waals surface area contributed by atoms with Gasteiger partial charge in [0.1, 0.15) is 0 Å².